The number of benzene rings is 1. The van der Waals surface area contributed by atoms with Gasteiger partial charge in [0.05, 0.1) is 0 Å². The third-order valence-electron chi connectivity index (χ3n) is 2.24. The van der Waals surface area contributed by atoms with Crippen molar-refractivity contribution in [1.82, 2.24) is 0 Å². The van der Waals surface area contributed by atoms with E-state index in [2.05, 4.69) is 13.8 Å². The average molecular weight is 215 g/mol. The minimum absolute atomic E-state index is 0.261. The van der Waals surface area contributed by atoms with Gasteiger partial charge in [-0.2, -0.15) is 0 Å². The van der Waals surface area contributed by atoms with E-state index in [1.54, 1.807) is 6.07 Å². The van der Waals surface area contributed by atoms with E-state index in [0.29, 0.717) is 10.9 Å². The van der Waals surface area contributed by atoms with Crippen molar-refractivity contribution in [2.45, 2.75) is 33.1 Å². The molecule has 0 spiro atoms. The molecular formula is C12H16ClF. The predicted octanol–water partition coefficient (Wildman–Crippen LogP) is 4.46. The molecule has 0 amide bonds. The predicted molar refractivity (Wildman–Crippen MR) is 59.2 cm³/mol. The van der Waals surface area contributed by atoms with Gasteiger partial charge >= 0.3 is 0 Å². The van der Waals surface area contributed by atoms with Gasteiger partial charge in [-0.25, -0.2) is 4.39 Å². The van der Waals surface area contributed by atoms with Crippen LogP contribution in [0.3, 0.4) is 0 Å². The zero-order chi connectivity index (χ0) is 10.6. The first-order valence-electron chi connectivity index (χ1n) is 5.03. The van der Waals surface area contributed by atoms with Crippen LogP contribution in [0, 0.1) is 11.7 Å². The lowest BCUT2D eigenvalue weighted by molar-refractivity contribution is 0.555. The van der Waals surface area contributed by atoms with E-state index in [1.807, 2.05) is 0 Å². The molecule has 0 unspecified atom stereocenters. The highest BCUT2D eigenvalue weighted by atomic mass is 35.5. The Bertz CT molecular complexity index is 294. The fourth-order valence-electron chi connectivity index (χ4n) is 1.43. The summed E-state index contributed by atoms with van der Waals surface area (Å²) in [5, 5.41) is 0.550. The first-order chi connectivity index (χ1) is 6.59. The standard InChI is InChI=1S/C12H16ClF/c1-9(2)4-3-5-10-6-7-11(14)8-12(10)13/h6-9H,3-5H2,1-2H3. The molecule has 0 aliphatic carbocycles. The minimum Gasteiger partial charge on any atom is -0.207 e. The summed E-state index contributed by atoms with van der Waals surface area (Å²) in [4.78, 5) is 0. The van der Waals surface area contributed by atoms with Gasteiger partial charge < -0.3 is 0 Å². The van der Waals surface area contributed by atoms with Crippen molar-refractivity contribution >= 4 is 11.6 Å². The molecule has 14 heavy (non-hydrogen) atoms. The lowest BCUT2D eigenvalue weighted by atomic mass is 10.0. The maximum atomic E-state index is 12.7. The molecule has 0 N–H and O–H groups in total. The Hall–Kier alpha value is -0.560. The molecule has 0 aliphatic heterocycles. The van der Waals surface area contributed by atoms with Crippen LogP contribution in [0.5, 0.6) is 0 Å². The Morgan fingerprint density at radius 3 is 2.64 bits per heavy atom. The van der Waals surface area contributed by atoms with Gasteiger partial charge in [0.15, 0.2) is 0 Å². The van der Waals surface area contributed by atoms with E-state index < -0.39 is 0 Å². The van der Waals surface area contributed by atoms with Crippen LogP contribution < -0.4 is 0 Å². The summed E-state index contributed by atoms with van der Waals surface area (Å²) >= 11 is 5.90. The molecular weight excluding hydrogens is 199 g/mol. The molecule has 0 fully saturated rings. The van der Waals surface area contributed by atoms with Crippen molar-refractivity contribution < 1.29 is 4.39 Å². The van der Waals surface area contributed by atoms with Crippen molar-refractivity contribution in [2.75, 3.05) is 0 Å². The highest BCUT2D eigenvalue weighted by Crippen LogP contribution is 2.20. The summed E-state index contributed by atoms with van der Waals surface area (Å²) in [6, 6.07) is 4.63. The van der Waals surface area contributed by atoms with Gasteiger partial charge in [0, 0.05) is 5.02 Å². The van der Waals surface area contributed by atoms with Crippen LogP contribution in [0.25, 0.3) is 0 Å². The zero-order valence-electron chi connectivity index (χ0n) is 8.69. The third kappa shape index (κ3) is 3.67. The molecule has 1 rings (SSSR count). The number of hydrogen-bond donors (Lipinski definition) is 0. The fourth-order valence-corrected chi connectivity index (χ4v) is 1.69. The van der Waals surface area contributed by atoms with Crippen LogP contribution in [0.2, 0.25) is 5.02 Å². The van der Waals surface area contributed by atoms with E-state index in [4.69, 9.17) is 11.6 Å². The molecule has 0 nitrogen and oxygen atoms in total. The van der Waals surface area contributed by atoms with Crippen LogP contribution in [0.4, 0.5) is 4.39 Å². The molecule has 1 aromatic rings. The summed E-state index contributed by atoms with van der Waals surface area (Å²) in [5.41, 5.74) is 1.05. The molecule has 2 heteroatoms. The molecule has 0 aromatic heterocycles. The molecule has 78 valence electrons. The van der Waals surface area contributed by atoms with Crippen LogP contribution in [-0.4, -0.2) is 0 Å². The van der Waals surface area contributed by atoms with Crippen molar-refractivity contribution in [1.29, 1.82) is 0 Å². The topological polar surface area (TPSA) is 0 Å². The Morgan fingerprint density at radius 1 is 1.36 bits per heavy atom. The maximum Gasteiger partial charge on any atom is 0.124 e. The van der Waals surface area contributed by atoms with Gasteiger partial charge in [-0.1, -0.05) is 37.9 Å². The van der Waals surface area contributed by atoms with Crippen LogP contribution in [0.15, 0.2) is 18.2 Å². The lowest BCUT2D eigenvalue weighted by Gasteiger charge is -2.06. The second kappa shape index (κ2) is 5.35. The van der Waals surface area contributed by atoms with Crippen LogP contribution >= 0.6 is 11.6 Å². The molecule has 0 aliphatic rings. The number of aryl methyl sites for hydroxylation is 1. The van der Waals surface area contributed by atoms with Gasteiger partial charge in [-0.05, 0) is 36.5 Å². The molecule has 1 aromatic carbocycles. The summed E-state index contributed by atoms with van der Waals surface area (Å²) < 4.78 is 12.7. The molecule has 0 atom stereocenters. The second-order valence-corrected chi connectivity index (χ2v) is 4.43. The van der Waals surface area contributed by atoms with Gasteiger partial charge in [-0.3, -0.25) is 0 Å². The largest absolute Gasteiger partial charge is 0.207 e. The van der Waals surface area contributed by atoms with Crippen molar-refractivity contribution in [3.8, 4) is 0 Å². The zero-order valence-corrected chi connectivity index (χ0v) is 9.44. The quantitative estimate of drug-likeness (QED) is 0.694. The summed E-state index contributed by atoms with van der Waals surface area (Å²) in [6.45, 7) is 4.40. The molecule has 0 radical (unpaired) electrons. The average Bonchev–Trinajstić information content (AvgIpc) is 2.08. The molecule has 0 bridgehead atoms. The normalized spacial score (nSPS) is 10.9. The maximum absolute atomic E-state index is 12.7. The second-order valence-electron chi connectivity index (χ2n) is 4.02. The Kier molecular flexibility index (Phi) is 4.40. The van der Waals surface area contributed by atoms with Gasteiger partial charge in [0.25, 0.3) is 0 Å². The van der Waals surface area contributed by atoms with Gasteiger partial charge in [0.2, 0.25) is 0 Å². The van der Waals surface area contributed by atoms with Crippen molar-refractivity contribution in [3.63, 3.8) is 0 Å². The SMILES string of the molecule is CC(C)CCCc1ccc(F)cc1Cl. The minimum atomic E-state index is -0.261. The van der Waals surface area contributed by atoms with Crippen LogP contribution in [0.1, 0.15) is 32.3 Å². The Labute approximate surface area is 90.1 Å². The molecule has 0 saturated heterocycles. The van der Waals surface area contributed by atoms with E-state index in [-0.39, 0.29) is 5.82 Å². The monoisotopic (exact) mass is 214 g/mol. The number of halogens is 2. The van der Waals surface area contributed by atoms with Gasteiger partial charge in [-0.15, -0.1) is 0 Å². The summed E-state index contributed by atoms with van der Waals surface area (Å²) in [5.74, 6) is 0.455. The highest BCUT2D eigenvalue weighted by molar-refractivity contribution is 6.31. The smallest absolute Gasteiger partial charge is 0.124 e. The summed E-state index contributed by atoms with van der Waals surface area (Å²) in [6.07, 6.45) is 3.24. The fraction of sp³-hybridized carbons (Fsp3) is 0.500. The number of rotatable bonds is 4. The summed E-state index contributed by atoms with van der Waals surface area (Å²) in [7, 11) is 0. The lowest BCUT2D eigenvalue weighted by Crippen LogP contribution is -1.92. The van der Waals surface area contributed by atoms with Gasteiger partial charge in [0.1, 0.15) is 5.82 Å². The Balaban J connectivity index is 2.51. The number of hydrogen-bond acceptors (Lipinski definition) is 0. The van der Waals surface area contributed by atoms with Crippen LogP contribution in [-0.2, 0) is 6.42 Å². The first kappa shape index (κ1) is 11.5. The highest BCUT2D eigenvalue weighted by Gasteiger charge is 2.02. The van der Waals surface area contributed by atoms with Crippen molar-refractivity contribution in [3.05, 3.63) is 34.6 Å². The van der Waals surface area contributed by atoms with E-state index >= 15 is 0 Å². The third-order valence-corrected chi connectivity index (χ3v) is 2.59. The van der Waals surface area contributed by atoms with Crippen molar-refractivity contribution in [2.24, 2.45) is 5.92 Å². The first-order valence-corrected chi connectivity index (χ1v) is 5.41. The molecule has 0 saturated carbocycles. The van der Waals surface area contributed by atoms with E-state index in [9.17, 15) is 4.39 Å². The molecule has 0 heterocycles. The Morgan fingerprint density at radius 2 is 2.07 bits per heavy atom. The van der Waals surface area contributed by atoms with E-state index in [1.165, 1.54) is 18.6 Å². The van der Waals surface area contributed by atoms with E-state index in [0.717, 1.165) is 18.4 Å².